The molecule has 8 heteroatoms. The molecule has 0 N–H and O–H groups in total. The molecule has 0 saturated carbocycles. The smallest absolute Gasteiger partial charge is 0.331 e. The molecule has 2 heterocycles. The van der Waals surface area contributed by atoms with Crippen molar-refractivity contribution >= 4 is 23.4 Å². The Bertz CT molecular complexity index is 997. The molecule has 3 rings (SSSR count). The fraction of sp³-hybridized carbons (Fsp3) is 0.348. The van der Waals surface area contributed by atoms with Crippen LogP contribution < -0.4 is 9.47 Å². The standard InChI is InChI=1S/C23H26N2O5S/c1-4-6-13-28-18-11-9-17(15-19(18)27-5-2)10-12-21(26)29-16(3)22-24-25-23(30-22)20-8-7-14-31-20/h7-12,14-16H,4-6,13H2,1-3H3/b12-10+. The molecule has 31 heavy (non-hydrogen) atoms. The Morgan fingerprint density at radius 2 is 2.06 bits per heavy atom. The second-order valence-electron chi connectivity index (χ2n) is 6.68. The zero-order chi connectivity index (χ0) is 22.1. The lowest BCUT2D eigenvalue weighted by molar-refractivity contribution is -0.143. The minimum absolute atomic E-state index is 0.248. The van der Waals surface area contributed by atoms with Gasteiger partial charge in [0.1, 0.15) is 0 Å². The molecule has 0 amide bonds. The summed E-state index contributed by atoms with van der Waals surface area (Å²) in [4.78, 5) is 13.1. The van der Waals surface area contributed by atoms with Crippen molar-refractivity contribution in [2.45, 2.75) is 39.7 Å². The van der Waals surface area contributed by atoms with Crippen LogP contribution in [0.15, 0.2) is 46.2 Å². The molecule has 0 fully saturated rings. The summed E-state index contributed by atoms with van der Waals surface area (Å²) in [5, 5.41) is 9.90. The van der Waals surface area contributed by atoms with Gasteiger partial charge in [0.2, 0.25) is 0 Å². The van der Waals surface area contributed by atoms with Gasteiger partial charge < -0.3 is 18.6 Å². The Labute approximate surface area is 185 Å². The van der Waals surface area contributed by atoms with E-state index in [4.69, 9.17) is 18.6 Å². The minimum Gasteiger partial charge on any atom is -0.490 e. The van der Waals surface area contributed by atoms with Gasteiger partial charge in [0.25, 0.3) is 11.8 Å². The summed E-state index contributed by atoms with van der Waals surface area (Å²) in [5.74, 6) is 1.49. The Balaban J connectivity index is 1.60. The predicted octanol–water partition coefficient (Wildman–Crippen LogP) is 5.69. The van der Waals surface area contributed by atoms with Crippen LogP contribution in [0.4, 0.5) is 0 Å². The Hall–Kier alpha value is -3.13. The van der Waals surface area contributed by atoms with Gasteiger partial charge in [0, 0.05) is 6.08 Å². The second kappa shape index (κ2) is 11.3. The summed E-state index contributed by atoms with van der Waals surface area (Å²) < 4.78 is 22.4. The largest absolute Gasteiger partial charge is 0.490 e. The fourth-order valence-electron chi connectivity index (χ4n) is 2.67. The van der Waals surface area contributed by atoms with Crippen molar-refractivity contribution in [1.29, 1.82) is 0 Å². The van der Waals surface area contributed by atoms with Gasteiger partial charge in [-0.1, -0.05) is 25.5 Å². The monoisotopic (exact) mass is 442 g/mol. The molecule has 2 aromatic heterocycles. The number of ether oxygens (including phenoxy) is 3. The van der Waals surface area contributed by atoms with E-state index in [9.17, 15) is 4.79 Å². The molecule has 1 atom stereocenters. The number of thiophene rings is 1. The molecule has 1 unspecified atom stereocenters. The molecular formula is C23H26N2O5S. The van der Waals surface area contributed by atoms with Crippen molar-refractivity contribution in [3.05, 3.63) is 53.2 Å². The van der Waals surface area contributed by atoms with E-state index >= 15 is 0 Å². The Morgan fingerprint density at radius 1 is 1.19 bits per heavy atom. The van der Waals surface area contributed by atoms with Crippen molar-refractivity contribution in [2.24, 2.45) is 0 Å². The highest BCUT2D eigenvalue weighted by Crippen LogP contribution is 2.29. The number of benzene rings is 1. The molecule has 0 radical (unpaired) electrons. The van der Waals surface area contributed by atoms with Crippen LogP contribution in [0.3, 0.4) is 0 Å². The van der Waals surface area contributed by atoms with Gasteiger partial charge in [-0.3, -0.25) is 0 Å². The SMILES string of the molecule is CCCCOc1ccc(/C=C/C(=O)OC(C)c2nnc(-c3cccs3)o2)cc1OCC. The molecule has 7 nitrogen and oxygen atoms in total. The van der Waals surface area contributed by atoms with Crippen LogP contribution >= 0.6 is 11.3 Å². The van der Waals surface area contributed by atoms with Crippen molar-refractivity contribution in [3.8, 4) is 22.3 Å². The molecule has 3 aromatic rings. The number of carbonyl (C=O) groups is 1. The summed E-state index contributed by atoms with van der Waals surface area (Å²) in [5.41, 5.74) is 0.800. The highest BCUT2D eigenvalue weighted by Gasteiger charge is 2.18. The number of esters is 1. The first-order chi connectivity index (χ1) is 15.1. The van der Waals surface area contributed by atoms with Crippen molar-refractivity contribution in [2.75, 3.05) is 13.2 Å². The molecule has 0 aliphatic heterocycles. The number of nitrogens with zero attached hydrogens (tertiary/aromatic N) is 2. The highest BCUT2D eigenvalue weighted by molar-refractivity contribution is 7.13. The van der Waals surface area contributed by atoms with Crippen LogP contribution in [-0.2, 0) is 9.53 Å². The topological polar surface area (TPSA) is 83.7 Å². The summed E-state index contributed by atoms with van der Waals surface area (Å²) in [7, 11) is 0. The molecule has 0 spiro atoms. The molecular weight excluding hydrogens is 416 g/mol. The van der Waals surface area contributed by atoms with Gasteiger partial charge in [0.05, 0.1) is 18.1 Å². The quantitative estimate of drug-likeness (QED) is 0.214. The first kappa shape index (κ1) is 22.6. The van der Waals surface area contributed by atoms with Crippen LogP contribution in [0.1, 0.15) is 51.2 Å². The highest BCUT2D eigenvalue weighted by atomic mass is 32.1. The number of carbonyl (C=O) groups excluding carboxylic acids is 1. The van der Waals surface area contributed by atoms with Crippen molar-refractivity contribution in [3.63, 3.8) is 0 Å². The van der Waals surface area contributed by atoms with Gasteiger partial charge in [-0.15, -0.1) is 21.5 Å². The lowest BCUT2D eigenvalue weighted by Gasteiger charge is -2.12. The normalized spacial score (nSPS) is 12.1. The number of rotatable bonds is 11. The summed E-state index contributed by atoms with van der Waals surface area (Å²) in [6.45, 7) is 6.88. The fourth-order valence-corrected chi connectivity index (χ4v) is 3.31. The number of aromatic nitrogens is 2. The van der Waals surface area contributed by atoms with Crippen LogP contribution in [0.2, 0.25) is 0 Å². The third-order valence-corrected chi connectivity index (χ3v) is 5.11. The van der Waals surface area contributed by atoms with Crippen LogP contribution in [0, 0.1) is 0 Å². The maximum atomic E-state index is 12.2. The van der Waals surface area contributed by atoms with Gasteiger partial charge in [0.15, 0.2) is 17.6 Å². The van der Waals surface area contributed by atoms with Crippen LogP contribution in [0.5, 0.6) is 11.5 Å². The van der Waals surface area contributed by atoms with E-state index in [2.05, 4.69) is 17.1 Å². The zero-order valence-electron chi connectivity index (χ0n) is 17.9. The summed E-state index contributed by atoms with van der Waals surface area (Å²) in [6, 6.07) is 9.33. The zero-order valence-corrected chi connectivity index (χ0v) is 18.7. The van der Waals surface area contributed by atoms with Crippen molar-refractivity contribution < 1.29 is 23.4 Å². The van der Waals surface area contributed by atoms with E-state index in [0.29, 0.717) is 30.6 Å². The lowest BCUT2D eigenvalue weighted by Crippen LogP contribution is -2.06. The van der Waals surface area contributed by atoms with E-state index < -0.39 is 12.1 Å². The maximum absolute atomic E-state index is 12.2. The maximum Gasteiger partial charge on any atom is 0.331 e. The van der Waals surface area contributed by atoms with Gasteiger partial charge in [-0.25, -0.2) is 4.79 Å². The third-order valence-electron chi connectivity index (χ3n) is 4.25. The van der Waals surface area contributed by atoms with Crippen LogP contribution in [0.25, 0.3) is 16.8 Å². The number of unbranched alkanes of at least 4 members (excludes halogenated alkanes) is 1. The van der Waals surface area contributed by atoms with E-state index in [1.807, 2.05) is 42.6 Å². The predicted molar refractivity (Wildman–Crippen MR) is 119 cm³/mol. The van der Waals surface area contributed by atoms with Gasteiger partial charge in [-0.2, -0.15) is 0 Å². The minimum atomic E-state index is -0.660. The molecule has 0 saturated heterocycles. The Kier molecular flexibility index (Phi) is 8.23. The van der Waals surface area contributed by atoms with Gasteiger partial charge in [-0.05, 0) is 55.5 Å². The second-order valence-corrected chi connectivity index (χ2v) is 7.62. The van der Waals surface area contributed by atoms with E-state index in [0.717, 1.165) is 23.3 Å². The van der Waals surface area contributed by atoms with E-state index in [-0.39, 0.29) is 5.89 Å². The molecule has 0 aliphatic rings. The Morgan fingerprint density at radius 3 is 2.81 bits per heavy atom. The van der Waals surface area contributed by atoms with E-state index in [1.54, 1.807) is 13.0 Å². The number of hydrogen-bond acceptors (Lipinski definition) is 8. The average Bonchev–Trinajstić information content (AvgIpc) is 3.46. The molecule has 0 bridgehead atoms. The molecule has 1 aromatic carbocycles. The first-order valence-electron chi connectivity index (χ1n) is 10.3. The summed E-state index contributed by atoms with van der Waals surface area (Å²) in [6.07, 6.45) is 4.40. The average molecular weight is 443 g/mol. The van der Waals surface area contributed by atoms with Crippen molar-refractivity contribution in [1.82, 2.24) is 10.2 Å². The lowest BCUT2D eigenvalue weighted by atomic mass is 10.2. The molecule has 0 aliphatic carbocycles. The van der Waals surface area contributed by atoms with E-state index in [1.165, 1.54) is 17.4 Å². The van der Waals surface area contributed by atoms with Gasteiger partial charge >= 0.3 is 5.97 Å². The molecule has 164 valence electrons. The third kappa shape index (κ3) is 6.42. The van der Waals surface area contributed by atoms with Crippen LogP contribution in [-0.4, -0.2) is 29.4 Å². The number of hydrogen-bond donors (Lipinski definition) is 0. The first-order valence-corrected chi connectivity index (χ1v) is 11.1. The summed E-state index contributed by atoms with van der Waals surface area (Å²) >= 11 is 1.50.